The molecular weight excluding hydrogens is 320 g/mol. The molecule has 0 amide bonds. The van der Waals surface area contributed by atoms with E-state index in [1.165, 1.54) is 50.5 Å². The molecule has 2 saturated carbocycles. The zero-order valence-corrected chi connectivity index (χ0v) is 16.4. The third kappa shape index (κ3) is 4.00. The summed E-state index contributed by atoms with van der Waals surface area (Å²) < 4.78 is 0. The summed E-state index contributed by atoms with van der Waals surface area (Å²) in [5.74, 6) is 0.376. The normalized spacial score (nSPS) is 25.9. The number of benzene rings is 1. The monoisotopic (exact) mass is 356 g/mol. The molecule has 3 fully saturated rings. The van der Waals surface area contributed by atoms with E-state index in [9.17, 15) is 5.11 Å². The number of rotatable bonds is 6. The predicted octanol–water partition coefficient (Wildman–Crippen LogP) is 4.19. The van der Waals surface area contributed by atoms with Crippen LogP contribution in [0, 0.1) is 5.92 Å². The first-order chi connectivity index (χ1) is 12.6. The highest BCUT2D eigenvalue weighted by molar-refractivity contribution is 5.27. The first-order valence-corrected chi connectivity index (χ1v) is 10.9. The van der Waals surface area contributed by atoms with Crippen LogP contribution in [0.15, 0.2) is 24.3 Å². The van der Waals surface area contributed by atoms with E-state index in [4.69, 9.17) is 0 Å². The standard InChI is InChI=1S/C23H36N2O/c1-23(26,20-13-15-25(16-14-20)22-7-4-8-22)19-11-9-18(10-12-19)17-24-21-5-2-3-6-21/h9-12,20-22,24,26H,2-8,13-17H2,1H3/t23-/m0/s1. The highest BCUT2D eigenvalue weighted by atomic mass is 16.3. The summed E-state index contributed by atoms with van der Waals surface area (Å²) in [7, 11) is 0. The van der Waals surface area contributed by atoms with Crippen molar-refractivity contribution in [2.24, 2.45) is 5.92 Å². The maximum absolute atomic E-state index is 11.3. The summed E-state index contributed by atoms with van der Waals surface area (Å²) in [5, 5.41) is 14.9. The van der Waals surface area contributed by atoms with Crippen molar-refractivity contribution in [2.75, 3.05) is 13.1 Å². The third-order valence-corrected chi connectivity index (χ3v) is 7.40. The van der Waals surface area contributed by atoms with Crippen molar-refractivity contribution in [3.05, 3.63) is 35.4 Å². The minimum absolute atomic E-state index is 0.376. The lowest BCUT2D eigenvalue weighted by atomic mass is 9.76. The largest absolute Gasteiger partial charge is 0.385 e. The zero-order chi connectivity index (χ0) is 18.0. The molecule has 1 atom stereocenters. The second kappa shape index (κ2) is 8.00. The van der Waals surface area contributed by atoms with Crippen LogP contribution >= 0.6 is 0 Å². The lowest BCUT2D eigenvalue weighted by molar-refractivity contribution is -0.0429. The van der Waals surface area contributed by atoms with Gasteiger partial charge in [-0.2, -0.15) is 0 Å². The van der Waals surface area contributed by atoms with Crippen molar-refractivity contribution < 1.29 is 5.11 Å². The van der Waals surface area contributed by atoms with Crippen LogP contribution in [0.25, 0.3) is 0 Å². The Balaban J connectivity index is 1.31. The van der Waals surface area contributed by atoms with Crippen LogP contribution in [0.4, 0.5) is 0 Å². The molecule has 4 rings (SSSR count). The second-order valence-corrected chi connectivity index (χ2v) is 9.10. The summed E-state index contributed by atoms with van der Waals surface area (Å²) in [6, 6.07) is 10.3. The second-order valence-electron chi connectivity index (χ2n) is 9.10. The predicted molar refractivity (Wildman–Crippen MR) is 107 cm³/mol. The van der Waals surface area contributed by atoms with E-state index in [-0.39, 0.29) is 0 Å². The highest BCUT2D eigenvalue weighted by Gasteiger charge is 2.38. The molecule has 3 aliphatic rings. The molecule has 0 unspecified atom stereocenters. The van der Waals surface area contributed by atoms with Gasteiger partial charge in [0.2, 0.25) is 0 Å². The molecule has 0 aromatic heterocycles. The van der Waals surface area contributed by atoms with E-state index in [1.54, 1.807) is 0 Å². The number of hydrogen-bond donors (Lipinski definition) is 2. The fourth-order valence-electron chi connectivity index (χ4n) is 5.17. The molecule has 1 aromatic carbocycles. The van der Waals surface area contributed by atoms with E-state index in [0.29, 0.717) is 12.0 Å². The highest BCUT2D eigenvalue weighted by Crippen LogP contribution is 2.38. The molecule has 1 saturated heterocycles. The number of aliphatic hydroxyl groups is 1. The Morgan fingerprint density at radius 1 is 0.962 bits per heavy atom. The molecular formula is C23H36N2O. The summed E-state index contributed by atoms with van der Waals surface area (Å²) in [6.07, 6.45) is 11.8. The molecule has 3 heteroatoms. The summed E-state index contributed by atoms with van der Waals surface area (Å²) in [4.78, 5) is 2.66. The van der Waals surface area contributed by atoms with E-state index < -0.39 is 5.60 Å². The quantitative estimate of drug-likeness (QED) is 0.802. The molecule has 144 valence electrons. The molecule has 2 N–H and O–H groups in total. The van der Waals surface area contributed by atoms with Crippen LogP contribution in [0.1, 0.15) is 75.8 Å². The van der Waals surface area contributed by atoms with Crippen molar-refractivity contribution >= 4 is 0 Å². The summed E-state index contributed by atoms with van der Waals surface area (Å²) in [6.45, 7) is 5.30. The maximum Gasteiger partial charge on any atom is 0.0897 e. The zero-order valence-electron chi connectivity index (χ0n) is 16.4. The number of piperidine rings is 1. The fraction of sp³-hybridized carbons (Fsp3) is 0.739. The van der Waals surface area contributed by atoms with Gasteiger partial charge < -0.3 is 15.3 Å². The van der Waals surface area contributed by atoms with Crippen LogP contribution in [0.2, 0.25) is 0 Å². The minimum Gasteiger partial charge on any atom is -0.385 e. The topological polar surface area (TPSA) is 35.5 Å². The van der Waals surface area contributed by atoms with Crippen LogP contribution in [-0.4, -0.2) is 35.2 Å². The molecule has 0 bridgehead atoms. The van der Waals surface area contributed by atoms with Gasteiger partial charge in [0.25, 0.3) is 0 Å². The van der Waals surface area contributed by atoms with Gasteiger partial charge in [-0.25, -0.2) is 0 Å². The van der Waals surface area contributed by atoms with E-state index in [0.717, 1.165) is 44.1 Å². The number of nitrogens with one attached hydrogen (secondary N) is 1. The number of hydrogen-bond acceptors (Lipinski definition) is 3. The Bertz CT molecular complexity index is 564. The van der Waals surface area contributed by atoms with Crippen molar-refractivity contribution in [3.8, 4) is 0 Å². The SMILES string of the molecule is C[C@](O)(c1ccc(CNC2CCCC2)cc1)C1CCN(C2CCC2)CC1. The smallest absolute Gasteiger partial charge is 0.0897 e. The van der Waals surface area contributed by atoms with Gasteiger partial charge in [0.05, 0.1) is 5.60 Å². The van der Waals surface area contributed by atoms with Crippen molar-refractivity contribution in [1.82, 2.24) is 10.2 Å². The van der Waals surface area contributed by atoms with Gasteiger partial charge in [0, 0.05) is 18.6 Å². The van der Waals surface area contributed by atoms with Crippen LogP contribution in [-0.2, 0) is 12.1 Å². The molecule has 1 heterocycles. The molecule has 26 heavy (non-hydrogen) atoms. The third-order valence-electron chi connectivity index (χ3n) is 7.40. The van der Waals surface area contributed by atoms with Gasteiger partial charge >= 0.3 is 0 Å². The number of nitrogens with zero attached hydrogens (tertiary/aromatic N) is 1. The maximum atomic E-state index is 11.3. The fourth-order valence-corrected chi connectivity index (χ4v) is 5.17. The van der Waals surface area contributed by atoms with Crippen LogP contribution < -0.4 is 5.32 Å². The molecule has 1 aliphatic heterocycles. The number of likely N-dealkylation sites (tertiary alicyclic amines) is 1. The van der Waals surface area contributed by atoms with Crippen molar-refractivity contribution in [2.45, 2.75) is 88.9 Å². The van der Waals surface area contributed by atoms with Gasteiger partial charge in [-0.05, 0) is 75.6 Å². The van der Waals surface area contributed by atoms with Gasteiger partial charge in [-0.15, -0.1) is 0 Å². The molecule has 2 aliphatic carbocycles. The summed E-state index contributed by atoms with van der Waals surface area (Å²) >= 11 is 0. The average molecular weight is 357 g/mol. The Morgan fingerprint density at radius 2 is 1.62 bits per heavy atom. The average Bonchev–Trinajstić information content (AvgIpc) is 3.13. The first kappa shape index (κ1) is 18.5. The van der Waals surface area contributed by atoms with Gasteiger partial charge in [-0.1, -0.05) is 43.5 Å². The van der Waals surface area contributed by atoms with Gasteiger partial charge in [0.1, 0.15) is 0 Å². The van der Waals surface area contributed by atoms with Crippen LogP contribution in [0.3, 0.4) is 0 Å². The Hall–Kier alpha value is -0.900. The van der Waals surface area contributed by atoms with Crippen LogP contribution in [0.5, 0.6) is 0 Å². The van der Waals surface area contributed by atoms with Crippen molar-refractivity contribution in [3.63, 3.8) is 0 Å². The van der Waals surface area contributed by atoms with E-state index in [1.807, 2.05) is 6.92 Å². The van der Waals surface area contributed by atoms with Crippen molar-refractivity contribution in [1.29, 1.82) is 0 Å². The lowest BCUT2D eigenvalue weighted by Gasteiger charge is -2.45. The molecule has 0 radical (unpaired) electrons. The minimum atomic E-state index is -0.705. The summed E-state index contributed by atoms with van der Waals surface area (Å²) in [5.41, 5.74) is 1.71. The van der Waals surface area contributed by atoms with E-state index in [2.05, 4.69) is 34.5 Å². The Morgan fingerprint density at radius 3 is 2.19 bits per heavy atom. The first-order valence-electron chi connectivity index (χ1n) is 10.9. The lowest BCUT2D eigenvalue weighted by Crippen LogP contribution is -2.48. The Kier molecular flexibility index (Phi) is 5.68. The molecule has 3 nitrogen and oxygen atoms in total. The van der Waals surface area contributed by atoms with Gasteiger partial charge in [-0.3, -0.25) is 0 Å². The Labute approximate surface area is 159 Å². The van der Waals surface area contributed by atoms with E-state index >= 15 is 0 Å². The molecule has 1 aromatic rings. The van der Waals surface area contributed by atoms with Gasteiger partial charge in [0.15, 0.2) is 0 Å². The molecule has 0 spiro atoms.